The van der Waals surface area contributed by atoms with Crippen molar-refractivity contribution in [2.75, 3.05) is 6.61 Å². The van der Waals surface area contributed by atoms with Crippen LogP contribution >= 0.6 is 0 Å². The predicted molar refractivity (Wildman–Crippen MR) is 57.4 cm³/mol. The molecule has 4 atom stereocenters. The molecule has 9 heteroatoms. The van der Waals surface area contributed by atoms with Gasteiger partial charge in [0.2, 0.25) is 0 Å². The lowest BCUT2D eigenvalue weighted by Crippen LogP contribution is -2.37. The molecular weight excluding hydrogens is 246 g/mol. The molecule has 1 aromatic rings. The van der Waals surface area contributed by atoms with Gasteiger partial charge in [-0.1, -0.05) is 0 Å². The summed E-state index contributed by atoms with van der Waals surface area (Å²) in [6.45, 7) is -0.132. The number of hydrogen-bond acceptors (Lipinski definition) is 7. The van der Waals surface area contributed by atoms with E-state index in [0.29, 0.717) is 0 Å². The van der Waals surface area contributed by atoms with Gasteiger partial charge in [0.25, 0.3) is 5.56 Å². The number of aromatic nitrogens is 2. The number of hydrogen-bond donors (Lipinski definition) is 4. The van der Waals surface area contributed by atoms with Crippen LogP contribution in [0.5, 0.6) is 0 Å². The number of nitrogens with zero attached hydrogens (tertiary/aromatic N) is 1. The van der Waals surface area contributed by atoms with Gasteiger partial charge in [0, 0.05) is 12.3 Å². The molecule has 0 radical (unpaired) electrons. The Kier molecular flexibility index (Phi) is 3.59. The first-order chi connectivity index (χ1) is 8.54. The third-order valence-corrected chi connectivity index (χ3v) is 2.72. The van der Waals surface area contributed by atoms with Gasteiger partial charge < -0.3 is 19.8 Å². The summed E-state index contributed by atoms with van der Waals surface area (Å²) in [5, 5.41) is 19.4. The van der Waals surface area contributed by atoms with Crippen molar-refractivity contribution < 1.29 is 19.8 Å². The monoisotopic (exact) mass is 259 g/mol. The van der Waals surface area contributed by atoms with Crippen molar-refractivity contribution in [2.24, 2.45) is 5.90 Å². The van der Waals surface area contributed by atoms with Crippen LogP contribution in [0.1, 0.15) is 6.23 Å². The van der Waals surface area contributed by atoms with Crippen LogP contribution in [0.2, 0.25) is 0 Å². The van der Waals surface area contributed by atoms with E-state index in [0.717, 1.165) is 10.6 Å². The van der Waals surface area contributed by atoms with E-state index in [9.17, 15) is 19.8 Å². The van der Waals surface area contributed by atoms with Crippen LogP contribution < -0.4 is 17.1 Å². The van der Waals surface area contributed by atoms with Gasteiger partial charge in [0.1, 0.15) is 18.3 Å². The van der Waals surface area contributed by atoms with Gasteiger partial charge in [-0.25, -0.2) is 10.7 Å². The van der Waals surface area contributed by atoms with E-state index in [-0.39, 0.29) is 6.61 Å². The molecule has 2 heterocycles. The Balaban J connectivity index is 2.29. The van der Waals surface area contributed by atoms with Gasteiger partial charge >= 0.3 is 5.69 Å². The molecule has 5 N–H and O–H groups in total. The van der Waals surface area contributed by atoms with Crippen molar-refractivity contribution in [3.05, 3.63) is 33.1 Å². The first kappa shape index (κ1) is 12.9. The van der Waals surface area contributed by atoms with Crippen LogP contribution in [0, 0.1) is 0 Å². The predicted octanol–water partition coefficient (Wildman–Crippen LogP) is -2.95. The Labute approximate surface area is 100 Å². The number of aliphatic hydroxyl groups excluding tert-OH is 2. The summed E-state index contributed by atoms with van der Waals surface area (Å²) in [7, 11) is 0. The molecule has 0 aromatic carbocycles. The number of H-pyrrole nitrogens is 1. The first-order valence-corrected chi connectivity index (χ1v) is 5.19. The second-order valence-electron chi connectivity index (χ2n) is 3.90. The van der Waals surface area contributed by atoms with Gasteiger partial charge in [-0.3, -0.25) is 14.3 Å². The maximum atomic E-state index is 11.5. The van der Waals surface area contributed by atoms with Crippen molar-refractivity contribution in [1.29, 1.82) is 0 Å². The molecule has 0 aliphatic carbocycles. The summed E-state index contributed by atoms with van der Waals surface area (Å²) < 4.78 is 6.25. The zero-order valence-electron chi connectivity index (χ0n) is 9.22. The molecule has 0 spiro atoms. The van der Waals surface area contributed by atoms with E-state index in [1.54, 1.807) is 0 Å². The fourth-order valence-corrected chi connectivity index (χ4v) is 1.82. The Morgan fingerprint density at radius 2 is 2.17 bits per heavy atom. The third-order valence-electron chi connectivity index (χ3n) is 2.72. The van der Waals surface area contributed by atoms with E-state index in [1.807, 2.05) is 4.98 Å². The highest BCUT2D eigenvalue weighted by atomic mass is 16.6. The summed E-state index contributed by atoms with van der Waals surface area (Å²) in [5.41, 5.74) is -1.31. The average molecular weight is 259 g/mol. The van der Waals surface area contributed by atoms with Crippen molar-refractivity contribution in [1.82, 2.24) is 9.55 Å². The standard InChI is InChI=1S/C9H13N3O6/c10-17-3-4-6(14)7(15)8(18-4)12-2-1-5(13)11-9(12)16/h1-2,4,6-8,14-15H,3,10H2,(H,11,13,16)/t4-,6?,7?,8-/m0/s1. The SMILES string of the molecule is NOC[C@@H]1O[C@H](n2ccc(=O)[nH]c2=O)C(O)C1O. The number of nitrogens with two attached hydrogens (primary N) is 1. The van der Waals surface area contributed by atoms with E-state index in [2.05, 4.69) is 4.84 Å². The Morgan fingerprint density at radius 1 is 1.44 bits per heavy atom. The zero-order chi connectivity index (χ0) is 13.3. The fraction of sp³-hybridized carbons (Fsp3) is 0.556. The summed E-state index contributed by atoms with van der Waals surface area (Å²) in [6.07, 6.45) is -3.35. The summed E-state index contributed by atoms with van der Waals surface area (Å²) >= 11 is 0. The topological polar surface area (TPSA) is 140 Å². The quantitative estimate of drug-likeness (QED) is 0.425. The fourth-order valence-electron chi connectivity index (χ4n) is 1.82. The normalized spacial score (nSPS) is 31.7. The maximum Gasteiger partial charge on any atom is 0.330 e. The second kappa shape index (κ2) is 5.00. The minimum Gasteiger partial charge on any atom is -0.387 e. The Bertz CT molecular complexity index is 526. The Morgan fingerprint density at radius 3 is 2.78 bits per heavy atom. The minimum atomic E-state index is -1.33. The molecule has 1 aromatic heterocycles. The number of ether oxygens (including phenoxy) is 1. The largest absolute Gasteiger partial charge is 0.387 e. The van der Waals surface area contributed by atoms with Crippen LogP contribution in [0.3, 0.4) is 0 Å². The van der Waals surface area contributed by atoms with Crippen molar-refractivity contribution in [2.45, 2.75) is 24.5 Å². The number of aliphatic hydroxyl groups is 2. The zero-order valence-corrected chi connectivity index (χ0v) is 9.22. The van der Waals surface area contributed by atoms with Gasteiger partial charge in [-0.2, -0.15) is 0 Å². The van der Waals surface area contributed by atoms with Gasteiger partial charge in [0.05, 0.1) is 6.61 Å². The highest BCUT2D eigenvalue weighted by Gasteiger charge is 2.44. The van der Waals surface area contributed by atoms with Gasteiger partial charge in [-0.05, 0) is 0 Å². The van der Waals surface area contributed by atoms with Crippen LogP contribution in [-0.2, 0) is 9.57 Å². The minimum absolute atomic E-state index is 0.132. The number of aromatic amines is 1. The van der Waals surface area contributed by atoms with Crippen molar-refractivity contribution in [3.8, 4) is 0 Å². The molecule has 18 heavy (non-hydrogen) atoms. The summed E-state index contributed by atoms with van der Waals surface area (Å²) in [6, 6.07) is 1.11. The lowest BCUT2D eigenvalue weighted by molar-refractivity contribution is -0.0689. The first-order valence-electron chi connectivity index (χ1n) is 5.19. The molecule has 1 aliphatic rings. The highest BCUT2D eigenvalue weighted by molar-refractivity contribution is 4.93. The van der Waals surface area contributed by atoms with Crippen LogP contribution in [0.15, 0.2) is 21.9 Å². The molecule has 0 saturated carbocycles. The molecular formula is C9H13N3O6. The van der Waals surface area contributed by atoms with E-state index in [4.69, 9.17) is 10.6 Å². The molecule has 9 nitrogen and oxygen atoms in total. The van der Waals surface area contributed by atoms with Crippen molar-refractivity contribution >= 4 is 0 Å². The maximum absolute atomic E-state index is 11.5. The number of rotatable bonds is 3. The van der Waals surface area contributed by atoms with Gasteiger partial charge in [-0.15, -0.1) is 0 Å². The van der Waals surface area contributed by atoms with Crippen LogP contribution in [-0.4, -0.2) is 44.7 Å². The van der Waals surface area contributed by atoms with Gasteiger partial charge in [0.15, 0.2) is 6.23 Å². The molecule has 2 unspecified atom stereocenters. The molecule has 1 saturated heterocycles. The molecule has 1 fully saturated rings. The smallest absolute Gasteiger partial charge is 0.330 e. The summed E-state index contributed by atoms with van der Waals surface area (Å²) in [5.74, 6) is 4.86. The van der Waals surface area contributed by atoms with E-state index in [1.165, 1.54) is 6.20 Å². The molecule has 1 aliphatic heterocycles. The van der Waals surface area contributed by atoms with E-state index < -0.39 is 35.8 Å². The average Bonchev–Trinajstić information content (AvgIpc) is 2.58. The second-order valence-corrected chi connectivity index (χ2v) is 3.90. The summed E-state index contributed by atoms with van der Waals surface area (Å²) in [4.78, 5) is 28.8. The van der Waals surface area contributed by atoms with E-state index >= 15 is 0 Å². The lowest BCUT2D eigenvalue weighted by atomic mass is 10.1. The molecule has 0 amide bonds. The molecule has 100 valence electrons. The Hall–Kier alpha value is -1.52. The van der Waals surface area contributed by atoms with Crippen molar-refractivity contribution in [3.63, 3.8) is 0 Å². The molecule has 2 rings (SSSR count). The third kappa shape index (κ3) is 2.21. The lowest BCUT2D eigenvalue weighted by Gasteiger charge is -2.16. The molecule has 0 bridgehead atoms. The number of nitrogens with one attached hydrogen (secondary N) is 1. The van der Waals surface area contributed by atoms with Crippen LogP contribution in [0.25, 0.3) is 0 Å². The highest BCUT2D eigenvalue weighted by Crippen LogP contribution is 2.27. The van der Waals surface area contributed by atoms with Crippen LogP contribution in [0.4, 0.5) is 0 Å².